The maximum atomic E-state index is 5.09. The molecule has 28 heavy (non-hydrogen) atoms. The van der Waals surface area contributed by atoms with Crippen molar-refractivity contribution >= 4 is 27.2 Å². The van der Waals surface area contributed by atoms with Crippen molar-refractivity contribution in [1.29, 1.82) is 0 Å². The van der Waals surface area contributed by atoms with E-state index >= 15 is 0 Å². The minimum atomic E-state index is -0.0290. The van der Waals surface area contributed by atoms with Crippen LogP contribution < -0.4 is 0 Å². The SMILES string of the molecule is Cc1nnn(C23CC4CC(CC(c5nc6c7ccsc7ncn6n5)(C4)C2)C3)n1. The lowest BCUT2D eigenvalue weighted by Crippen LogP contribution is -2.59. The smallest absolute Gasteiger partial charge is 0.171 e. The minimum absolute atomic E-state index is 0.0139. The fourth-order valence-electron chi connectivity index (χ4n) is 6.69. The fraction of sp³-hybridized carbons (Fsp3) is 0.579. The van der Waals surface area contributed by atoms with E-state index in [0.717, 1.165) is 46.8 Å². The molecule has 0 amide bonds. The second kappa shape index (κ2) is 4.94. The summed E-state index contributed by atoms with van der Waals surface area (Å²) in [6, 6.07) is 2.10. The molecule has 4 fully saturated rings. The number of thiophene rings is 1. The largest absolute Gasteiger partial charge is 0.225 e. The predicted molar refractivity (Wildman–Crippen MR) is 103 cm³/mol. The van der Waals surface area contributed by atoms with Crippen molar-refractivity contribution in [1.82, 2.24) is 39.8 Å². The Labute approximate surface area is 165 Å². The Morgan fingerprint density at radius 3 is 2.79 bits per heavy atom. The third-order valence-electron chi connectivity index (χ3n) is 7.24. The molecule has 0 spiro atoms. The van der Waals surface area contributed by atoms with Gasteiger partial charge in [0.1, 0.15) is 11.2 Å². The van der Waals surface area contributed by atoms with Gasteiger partial charge in [0.25, 0.3) is 0 Å². The van der Waals surface area contributed by atoms with Gasteiger partial charge in [0.2, 0.25) is 0 Å². The summed E-state index contributed by atoms with van der Waals surface area (Å²) in [6.07, 6.45) is 8.81. The highest BCUT2D eigenvalue weighted by atomic mass is 32.1. The molecule has 4 aromatic rings. The quantitative estimate of drug-likeness (QED) is 0.521. The maximum Gasteiger partial charge on any atom is 0.171 e. The van der Waals surface area contributed by atoms with Gasteiger partial charge in [-0.3, -0.25) is 0 Å². The average Bonchev–Trinajstić information content (AvgIpc) is 3.38. The van der Waals surface area contributed by atoms with Crippen molar-refractivity contribution in [2.45, 2.75) is 56.4 Å². The Bertz CT molecular complexity index is 1220. The Kier molecular flexibility index (Phi) is 2.74. The monoisotopic (exact) mass is 392 g/mol. The zero-order chi connectivity index (χ0) is 18.5. The number of hydrogen-bond donors (Lipinski definition) is 0. The minimum Gasteiger partial charge on any atom is -0.225 e. The number of aryl methyl sites for hydroxylation is 1. The molecule has 4 aromatic heterocycles. The molecule has 2 unspecified atom stereocenters. The molecule has 0 N–H and O–H groups in total. The van der Waals surface area contributed by atoms with Crippen LogP contribution in [0.3, 0.4) is 0 Å². The molecule has 0 aliphatic heterocycles. The van der Waals surface area contributed by atoms with Gasteiger partial charge in [-0.15, -0.1) is 26.6 Å². The number of nitrogens with zero attached hydrogens (tertiary/aromatic N) is 8. The lowest BCUT2D eigenvalue weighted by atomic mass is 9.46. The van der Waals surface area contributed by atoms with Gasteiger partial charge in [0, 0.05) is 5.41 Å². The van der Waals surface area contributed by atoms with E-state index < -0.39 is 0 Å². The van der Waals surface area contributed by atoms with Crippen LogP contribution in [0.1, 0.15) is 50.2 Å². The van der Waals surface area contributed by atoms with Gasteiger partial charge in [-0.05, 0) is 73.9 Å². The first-order valence-corrected chi connectivity index (χ1v) is 10.9. The number of tetrazole rings is 1. The van der Waals surface area contributed by atoms with E-state index in [1.165, 1.54) is 19.3 Å². The van der Waals surface area contributed by atoms with Gasteiger partial charge < -0.3 is 0 Å². The van der Waals surface area contributed by atoms with Gasteiger partial charge in [-0.2, -0.15) is 4.80 Å². The third kappa shape index (κ3) is 1.90. The number of hydrogen-bond acceptors (Lipinski definition) is 7. The van der Waals surface area contributed by atoms with E-state index in [1.807, 2.05) is 22.6 Å². The molecule has 9 heteroatoms. The van der Waals surface area contributed by atoms with E-state index in [9.17, 15) is 0 Å². The molecule has 8 nitrogen and oxygen atoms in total. The van der Waals surface area contributed by atoms with Crippen LogP contribution in [0.5, 0.6) is 0 Å². The molecule has 4 aliphatic rings. The van der Waals surface area contributed by atoms with Crippen LogP contribution in [0, 0.1) is 18.8 Å². The van der Waals surface area contributed by atoms with E-state index in [2.05, 4.69) is 31.8 Å². The van der Waals surface area contributed by atoms with E-state index in [0.29, 0.717) is 11.8 Å². The molecular weight excluding hydrogens is 372 g/mol. The van der Waals surface area contributed by atoms with Crippen LogP contribution in [0.2, 0.25) is 0 Å². The second-order valence-electron chi connectivity index (χ2n) is 9.18. The highest BCUT2D eigenvalue weighted by Gasteiger charge is 2.61. The topological polar surface area (TPSA) is 86.7 Å². The van der Waals surface area contributed by atoms with Crippen molar-refractivity contribution in [2.24, 2.45) is 11.8 Å². The zero-order valence-corrected chi connectivity index (χ0v) is 16.4. The van der Waals surface area contributed by atoms with Gasteiger partial charge in [0.05, 0.1) is 10.9 Å². The molecule has 4 saturated carbocycles. The summed E-state index contributed by atoms with van der Waals surface area (Å²) < 4.78 is 1.87. The van der Waals surface area contributed by atoms with Crippen LogP contribution in [0.15, 0.2) is 17.8 Å². The van der Waals surface area contributed by atoms with Crippen LogP contribution in [0.25, 0.3) is 15.9 Å². The molecular formula is C19H20N8S. The van der Waals surface area contributed by atoms with Crippen LogP contribution in [0.4, 0.5) is 0 Å². The van der Waals surface area contributed by atoms with Crippen molar-refractivity contribution in [3.8, 4) is 0 Å². The maximum absolute atomic E-state index is 5.09. The highest BCUT2D eigenvalue weighted by Crippen LogP contribution is 2.64. The fourth-order valence-corrected chi connectivity index (χ4v) is 7.41. The zero-order valence-electron chi connectivity index (χ0n) is 15.6. The summed E-state index contributed by atoms with van der Waals surface area (Å²) in [6.45, 7) is 1.92. The third-order valence-corrected chi connectivity index (χ3v) is 8.06. The molecule has 0 radical (unpaired) electrons. The normalized spacial score (nSPS) is 34.0. The Morgan fingerprint density at radius 1 is 1.14 bits per heavy atom. The van der Waals surface area contributed by atoms with Crippen molar-refractivity contribution in [3.63, 3.8) is 0 Å². The van der Waals surface area contributed by atoms with Crippen LogP contribution >= 0.6 is 11.3 Å². The van der Waals surface area contributed by atoms with Crippen molar-refractivity contribution in [2.75, 3.05) is 0 Å². The predicted octanol–water partition coefficient (Wildman–Crippen LogP) is 2.88. The standard InChI is InChI=1S/C19H20N8S/c1-11-22-25-27(23-11)19-7-12-4-13(8-19)6-18(5-12,9-19)17-21-15-14-2-3-28-16(14)20-10-26(15)24-17/h2-3,10,12-13H,4-9H2,1H3. The van der Waals surface area contributed by atoms with E-state index in [4.69, 9.17) is 10.1 Å². The first-order chi connectivity index (χ1) is 13.6. The molecule has 4 aliphatic carbocycles. The summed E-state index contributed by atoms with van der Waals surface area (Å²) in [5, 5.41) is 21.4. The summed E-state index contributed by atoms with van der Waals surface area (Å²) in [5.41, 5.74) is 0.916. The summed E-state index contributed by atoms with van der Waals surface area (Å²) in [7, 11) is 0. The van der Waals surface area contributed by atoms with Crippen LogP contribution in [-0.4, -0.2) is 39.8 Å². The van der Waals surface area contributed by atoms with E-state index in [1.54, 1.807) is 11.3 Å². The first kappa shape index (κ1) is 15.5. The van der Waals surface area contributed by atoms with Gasteiger partial charge in [0.15, 0.2) is 17.3 Å². The number of rotatable bonds is 2. The summed E-state index contributed by atoms with van der Waals surface area (Å²) in [5.74, 6) is 3.13. The molecule has 0 saturated heterocycles. The van der Waals surface area contributed by atoms with Gasteiger partial charge >= 0.3 is 0 Å². The Balaban J connectivity index is 1.40. The molecule has 4 bridgehead atoms. The van der Waals surface area contributed by atoms with Crippen LogP contribution in [-0.2, 0) is 11.0 Å². The molecule has 8 rings (SSSR count). The lowest BCUT2D eigenvalue weighted by Gasteiger charge is -2.60. The Morgan fingerprint density at radius 2 is 2.00 bits per heavy atom. The molecule has 0 aromatic carbocycles. The average molecular weight is 392 g/mol. The van der Waals surface area contributed by atoms with Crippen molar-refractivity contribution < 1.29 is 0 Å². The van der Waals surface area contributed by atoms with E-state index in [-0.39, 0.29) is 11.0 Å². The Hall–Kier alpha value is -2.42. The summed E-state index contributed by atoms with van der Waals surface area (Å²) >= 11 is 1.65. The van der Waals surface area contributed by atoms with Crippen molar-refractivity contribution in [3.05, 3.63) is 29.4 Å². The van der Waals surface area contributed by atoms with Gasteiger partial charge in [-0.25, -0.2) is 14.5 Å². The highest BCUT2D eigenvalue weighted by molar-refractivity contribution is 7.16. The molecule has 4 heterocycles. The second-order valence-corrected chi connectivity index (χ2v) is 10.1. The number of aromatic nitrogens is 8. The molecule has 142 valence electrons. The lowest BCUT2D eigenvalue weighted by molar-refractivity contribution is -0.0785. The first-order valence-electron chi connectivity index (χ1n) is 9.99. The summed E-state index contributed by atoms with van der Waals surface area (Å²) in [4.78, 5) is 12.6. The van der Waals surface area contributed by atoms with Gasteiger partial charge in [-0.1, -0.05) is 0 Å². The molecule has 2 atom stereocenters. The number of fused-ring (bicyclic) bond motifs is 3.